The molecule has 0 bridgehead atoms. The first-order valence-electron chi connectivity index (χ1n) is 6.37. The summed E-state index contributed by atoms with van der Waals surface area (Å²) in [5.41, 5.74) is 2.67. The van der Waals surface area contributed by atoms with Crippen LogP contribution in [0.15, 0.2) is 22.7 Å². The zero-order valence-electron chi connectivity index (χ0n) is 10.3. The van der Waals surface area contributed by atoms with Gasteiger partial charge in [-0.1, -0.05) is 34.8 Å². The van der Waals surface area contributed by atoms with Crippen molar-refractivity contribution in [1.82, 2.24) is 0 Å². The summed E-state index contributed by atoms with van der Waals surface area (Å²) in [6.45, 7) is 3.35. The molecule has 0 atom stereocenters. The van der Waals surface area contributed by atoms with Crippen LogP contribution < -0.4 is 4.90 Å². The summed E-state index contributed by atoms with van der Waals surface area (Å²) in [6.07, 6.45) is 5.47. The normalized spacial score (nSPS) is 16.4. The van der Waals surface area contributed by atoms with Crippen LogP contribution in [0.5, 0.6) is 0 Å². The van der Waals surface area contributed by atoms with E-state index in [2.05, 4.69) is 61.9 Å². The molecule has 0 radical (unpaired) electrons. The Bertz CT molecular complexity index is 372. The van der Waals surface area contributed by atoms with Crippen LogP contribution in [-0.2, 0) is 5.33 Å². The maximum absolute atomic E-state index is 3.71. The molecule has 0 saturated heterocycles. The first kappa shape index (κ1) is 13.4. The average molecular weight is 361 g/mol. The number of anilines is 1. The van der Waals surface area contributed by atoms with Crippen molar-refractivity contribution >= 4 is 37.5 Å². The summed E-state index contributed by atoms with van der Waals surface area (Å²) < 4.78 is 1.23. The maximum Gasteiger partial charge on any atom is 0.0513 e. The SMILES string of the molecule is CCN(c1ccc(CBr)cc1Br)C1CCCC1. The van der Waals surface area contributed by atoms with Crippen molar-refractivity contribution in [2.75, 3.05) is 11.4 Å². The van der Waals surface area contributed by atoms with Gasteiger partial charge in [0.15, 0.2) is 0 Å². The molecule has 0 aromatic heterocycles. The fourth-order valence-electron chi connectivity index (χ4n) is 2.71. The standard InChI is InChI=1S/C14H19Br2N/c1-2-17(12-5-3-4-6-12)14-8-7-11(10-15)9-13(14)16/h7-9,12H,2-6,10H2,1H3. The number of hydrogen-bond acceptors (Lipinski definition) is 1. The van der Waals surface area contributed by atoms with Gasteiger partial charge in [-0.25, -0.2) is 0 Å². The quantitative estimate of drug-likeness (QED) is 0.674. The number of benzene rings is 1. The maximum atomic E-state index is 3.71. The average Bonchev–Trinajstić information content (AvgIpc) is 2.85. The predicted molar refractivity (Wildman–Crippen MR) is 82.0 cm³/mol. The monoisotopic (exact) mass is 359 g/mol. The van der Waals surface area contributed by atoms with E-state index in [0.29, 0.717) is 0 Å². The van der Waals surface area contributed by atoms with Crippen LogP contribution in [0.25, 0.3) is 0 Å². The summed E-state index contributed by atoms with van der Waals surface area (Å²) in [5, 5.41) is 0.918. The van der Waals surface area contributed by atoms with Crippen molar-refractivity contribution in [2.24, 2.45) is 0 Å². The molecule has 1 aliphatic carbocycles. The van der Waals surface area contributed by atoms with Gasteiger partial charge in [0.2, 0.25) is 0 Å². The lowest BCUT2D eigenvalue weighted by molar-refractivity contribution is 0.619. The van der Waals surface area contributed by atoms with Crippen LogP contribution in [-0.4, -0.2) is 12.6 Å². The molecule has 0 N–H and O–H groups in total. The Hall–Kier alpha value is -0.0200. The minimum atomic E-state index is 0.742. The number of rotatable bonds is 4. The molecule has 0 aliphatic heterocycles. The molecule has 0 amide bonds. The van der Waals surface area contributed by atoms with Gasteiger partial charge in [-0.2, -0.15) is 0 Å². The lowest BCUT2D eigenvalue weighted by Gasteiger charge is -2.31. The van der Waals surface area contributed by atoms with Gasteiger partial charge < -0.3 is 4.90 Å². The summed E-state index contributed by atoms with van der Waals surface area (Å²) in [5.74, 6) is 0. The van der Waals surface area contributed by atoms with Gasteiger partial charge in [-0.3, -0.25) is 0 Å². The van der Waals surface area contributed by atoms with E-state index in [-0.39, 0.29) is 0 Å². The van der Waals surface area contributed by atoms with Crippen LogP contribution in [0.1, 0.15) is 38.2 Å². The molecule has 0 heterocycles. The molecule has 1 saturated carbocycles. The van der Waals surface area contributed by atoms with E-state index < -0.39 is 0 Å². The zero-order chi connectivity index (χ0) is 12.3. The van der Waals surface area contributed by atoms with Crippen molar-refractivity contribution in [1.29, 1.82) is 0 Å². The third kappa shape index (κ3) is 3.05. The fourth-order valence-corrected chi connectivity index (χ4v) is 3.71. The Morgan fingerprint density at radius 3 is 2.53 bits per heavy atom. The van der Waals surface area contributed by atoms with Gasteiger partial charge in [0.25, 0.3) is 0 Å². The minimum absolute atomic E-state index is 0.742. The highest BCUT2D eigenvalue weighted by atomic mass is 79.9. The van der Waals surface area contributed by atoms with E-state index in [1.165, 1.54) is 41.4 Å². The molecule has 0 unspecified atom stereocenters. The number of halogens is 2. The Morgan fingerprint density at radius 2 is 2.00 bits per heavy atom. The highest BCUT2D eigenvalue weighted by Crippen LogP contribution is 2.33. The number of nitrogens with zero attached hydrogens (tertiary/aromatic N) is 1. The first-order valence-corrected chi connectivity index (χ1v) is 8.28. The van der Waals surface area contributed by atoms with E-state index >= 15 is 0 Å². The summed E-state index contributed by atoms with van der Waals surface area (Å²) >= 11 is 7.22. The molecule has 1 aliphatic rings. The van der Waals surface area contributed by atoms with Gasteiger partial charge in [0.1, 0.15) is 0 Å². The van der Waals surface area contributed by atoms with Gasteiger partial charge in [-0.15, -0.1) is 0 Å². The number of alkyl halides is 1. The topological polar surface area (TPSA) is 3.24 Å². The minimum Gasteiger partial charge on any atom is -0.368 e. The van der Waals surface area contributed by atoms with Gasteiger partial charge in [0.05, 0.1) is 5.69 Å². The molecular formula is C14H19Br2N. The number of hydrogen-bond donors (Lipinski definition) is 0. The Morgan fingerprint density at radius 1 is 1.29 bits per heavy atom. The Labute approximate surface area is 121 Å². The molecule has 1 nitrogen and oxygen atoms in total. The second kappa shape index (κ2) is 6.24. The van der Waals surface area contributed by atoms with Gasteiger partial charge in [0, 0.05) is 22.4 Å². The van der Waals surface area contributed by atoms with Crippen molar-refractivity contribution in [2.45, 2.75) is 44.0 Å². The molecule has 2 rings (SSSR count). The lowest BCUT2D eigenvalue weighted by Crippen LogP contribution is -2.33. The van der Waals surface area contributed by atoms with Crippen LogP contribution in [0.3, 0.4) is 0 Å². The summed E-state index contributed by atoms with van der Waals surface area (Å²) in [4.78, 5) is 2.55. The summed E-state index contributed by atoms with van der Waals surface area (Å²) in [6, 6.07) is 7.43. The van der Waals surface area contributed by atoms with Crippen LogP contribution >= 0.6 is 31.9 Å². The first-order chi connectivity index (χ1) is 8.26. The molecular weight excluding hydrogens is 342 g/mol. The van der Waals surface area contributed by atoms with E-state index in [1.807, 2.05) is 0 Å². The van der Waals surface area contributed by atoms with Crippen molar-refractivity contribution in [3.63, 3.8) is 0 Å². The van der Waals surface area contributed by atoms with E-state index in [4.69, 9.17) is 0 Å². The zero-order valence-corrected chi connectivity index (χ0v) is 13.4. The third-order valence-electron chi connectivity index (χ3n) is 3.58. The smallest absolute Gasteiger partial charge is 0.0513 e. The molecule has 1 fully saturated rings. The van der Waals surface area contributed by atoms with E-state index in [0.717, 1.165) is 17.9 Å². The van der Waals surface area contributed by atoms with E-state index in [9.17, 15) is 0 Å². The van der Waals surface area contributed by atoms with Crippen molar-refractivity contribution < 1.29 is 0 Å². The lowest BCUT2D eigenvalue weighted by atomic mass is 10.1. The highest BCUT2D eigenvalue weighted by molar-refractivity contribution is 9.10. The van der Waals surface area contributed by atoms with Gasteiger partial charge in [-0.05, 0) is 53.4 Å². The van der Waals surface area contributed by atoms with E-state index in [1.54, 1.807) is 0 Å². The second-order valence-electron chi connectivity index (χ2n) is 4.64. The molecule has 1 aromatic rings. The Balaban J connectivity index is 2.23. The molecule has 94 valence electrons. The van der Waals surface area contributed by atoms with Gasteiger partial charge >= 0.3 is 0 Å². The molecule has 1 aromatic carbocycles. The Kier molecular flexibility index (Phi) is 4.92. The van der Waals surface area contributed by atoms with Crippen LogP contribution in [0, 0.1) is 0 Å². The second-order valence-corrected chi connectivity index (χ2v) is 6.06. The molecule has 3 heteroatoms. The van der Waals surface area contributed by atoms with Crippen LogP contribution in [0.2, 0.25) is 0 Å². The fraction of sp³-hybridized carbons (Fsp3) is 0.571. The highest BCUT2D eigenvalue weighted by Gasteiger charge is 2.22. The summed E-state index contributed by atoms with van der Waals surface area (Å²) in [7, 11) is 0. The van der Waals surface area contributed by atoms with Crippen LogP contribution in [0.4, 0.5) is 5.69 Å². The van der Waals surface area contributed by atoms with Crippen molar-refractivity contribution in [3.05, 3.63) is 28.2 Å². The van der Waals surface area contributed by atoms with Crippen molar-refractivity contribution in [3.8, 4) is 0 Å². The largest absolute Gasteiger partial charge is 0.368 e. The predicted octanol–water partition coefficient (Wildman–Crippen LogP) is 5.11. The third-order valence-corrected chi connectivity index (χ3v) is 4.86. The molecule has 17 heavy (non-hydrogen) atoms. The molecule has 0 spiro atoms.